The molecule has 0 bridgehead atoms. The Bertz CT molecular complexity index is 865. The van der Waals surface area contributed by atoms with Gasteiger partial charge in [-0.05, 0) is 36.4 Å². The number of hydrogen-bond donors (Lipinski definition) is 0. The predicted molar refractivity (Wildman–Crippen MR) is 139 cm³/mol. The summed E-state index contributed by atoms with van der Waals surface area (Å²) >= 11 is 3.64. The summed E-state index contributed by atoms with van der Waals surface area (Å²) in [4.78, 5) is 0. The van der Waals surface area contributed by atoms with Crippen LogP contribution >= 0.6 is 24.3 Å². The van der Waals surface area contributed by atoms with Gasteiger partial charge in [-0.1, -0.05) is 85.0 Å². The van der Waals surface area contributed by atoms with Crippen molar-refractivity contribution in [2.24, 2.45) is 0 Å². The van der Waals surface area contributed by atoms with Crippen LogP contribution in [0.4, 0.5) is 0 Å². The summed E-state index contributed by atoms with van der Waals surface area (Å²) in [6.45, 7) is 5.70. The molecule has 6 heteroatoms. The summed E-state index contributed by atoms with van der Waals surface area (Å²) in [6, 6.07) is 21.4. The Morgan fingerprint density at radius 3 is 1.47 bits per heavy atom. The van der Waals surface area contributed by atoms with Crippen LogP contribution in [0.3, 0.4) is 0 Å². The Kier molecular flexibility index (Phi) is 8.68. The van der Waals surface area contributed by atoms with Gasteiger partial charge in [-0.15, -0.1) is 0 Å². The minimum Gasteiger partial charge on any atom is -0.236 e. The molecule has 2 aromatic rings. The van der Waals surface area contributed by atoms with E-state index >= 15 is 0 Å². The summed E-state index contributed by atoms with van der Waals surface area (Å²) in [6.07, 6.45) is 9.35. The molecule has 0 N–H and O–H groups in total. The van der Waals surface area contributed by atoms with Gasteiger partial charge in [-0.3, -0.25) is 0 Å². The first-order valence-electron chi connectivity index (χ1n) is 11.1. The topological polar surface area (TPSA) is 13.0 Å². The molecule has 0 spiro atoms. The standard InChI is InChI=1S/C26H32N4S2/c1-27-19-25(15-17-29(31-27)21-23-9-5-3-6-10-23)13-14-26-16-18-30(32-28(2)20-26)22-24-11-7-4-8-12-24/h3-16H,17-22H2,1-2H3/b14-13+. The molecular formula is C26H32N4S2. The smallest absolute Gasteiger partial charge is 0.0356 e. The highest BCUT2D eigenvalue weighted by molar-refractivity contribution is 7.94. The fourth-order valence-electron chi connectivity index (χ4n) is 3.82. The maximum Gasteiger partial charge on any atom is 0.0356 e. The molecule has 0 radical (unpaired) electrons. The fourth-order valence-corrected chi connectivity index (χ4v) is 5.71. The maximum absolute atomic E-state index is 2.41. The lowest BCUT2D eigenvalue weighted by molar-refractivity contribution is 0.491. The first-order chi connectivity index (χ1) is 15.6. The molecule has 2 heterocycles. The number of rotatable bonds is 6. The lowest BCUT2D eigenvalue weighted by Crippen LogP contribution is -2.21. The van der Waals surface area contributed by atoms with E-state index in [1.807, 2.05) is 24.3 Å². The highest BCUT2D eigenvalue weighted by atomic mass is 32.2. The van der Waals surface area contributed by atoms with Crippen molar-refractivity contribution in [3.05, 3.63) is 107 Å². The molecule has 0 atom stereocenters. The maximum atomic E-state index is 2.41. The Labute approximate surface area is 201 Å². The molecule has 2 aliphatic heterocycles. The monoisotopic (exact) mass is 464 g/mol. The molecule has 4 nitrogen and oxygen atoms in total. The first kappa shape index (κ1) is 23.4. The Morgan fingerprint density at radius 2 is 1.06 bits per heavy atom. The van der Waals surface area contributed by atoms with E-state index in [4.69, 9.17) is 0 Å². The zero-order chi connectivity index (χ0) is 22.2. The van der Waals surface area contributed by atoms with Gasteiger partial charge >= 0.3 is 0 Å². The summed E-state index contributed by atoms with van der Waals surface area (Å²) < 4.78 is 9.45. The van der Waals surface area contributed by atoms with E-state index < -0.39 is 0 Å². The molecule has 0 aliphatic carbocycles. The second-order valence-corrected chi connectivity index (χ2v) is 10.8. The van der Waals surface area contributed by atoms with Crippen molar-refractivity contribution in [1.29, 1.82) is 0 Å². The second kappa shape index (κ2) is 11.9. The van der Waals surface area contributed by atoms with Crippen LogP contribution < -0.4 is 0 Å². The molecule has 0 aromatic heterocycles. The normalized spacial score (nSPS) is 20.1. The average molecular weight is 465 g/mol. The number of benzene rings is 2. The van der Waals surface area contributed by atoms with Crippen molar-refractivity contribution in [2.75, 3.05) is 40.3 Å². The molecular weight excluding hydrogens is 432 g/mol. The highest BCUT2D eigenvalue weighted by Crippen LogP contribution is 2.25. The van der Waals surface area contributed by atoms with Crippen LogP contribution in [0, 0.1) is 0 Å². The summed E-state index contributed by atoms with van der Waals surface area (Å²) in [5, 5.41) is 0. The Hall–Kier alpha value is -1.80. The van der Waals surface area contributed by atoms with E-state index in [1.165, 1.54) is 22.3 Å². The van der Waals surface area contributed by atoms with Gasteiger partial charge in [0.05, 0.1) is 0 Å². The Morgan fingerprint density at radius 1 is 0.656 bits per heavy atom. The average Bonchev–Trinajstić information content (AvgIpc) is 3.08. The van der Waals surface area contributed by atoms with Gasteiger partial charge in [-0.2, -0.15) is 0 Å². The van der Waals surface area contributed by atoms with E-state index in [0.717, 1.165) is 39.3 Å². The SMILES string of the molecule is CN1CC(/C=C/C2=CCN(Cc3ccccc3)SN(C)C2)=CCN(Cc2ccccc2)S1. The van der Waals surface area contributed by atoms with Crippen molar-refractivity contribution in [3.63, 3.8) is 0 Å². The van der Waals surface area contributed by atoms with Gasteiger partial charge in [0.2, 0.25) is 0 Å². The van der Waals surface area contributed by atoms with Crippen LogP contribution in [0.15, 0.2) is 96.1 Å². The van der Waals surface area contributed by atoms with Crippen LogP contribution in [-0.2, 0) is 13.1 Å². The van der Waals surface area contributed by atoms with E-state index in [0.29, 0.717) is 0 Å². The molecule has 0 fully saturated rings. The lowest BCUT2D eigenvalue weighted by atomic mass is 10.1. The van der Waals surface area contributed by atoms with Crippen molar-refractivity contribution < 1.29 is 0 Å². The summed E-state index contributed by atoms with van der Waals surface area (Å²) in [5.41, 5.74) is 5.45. The molecule has 4 rings (SSSR count). The fraction of sp³-hybridized carbons (Fsp3) is 0.308. The minimum absolute atomic E-state index is 0.948. The van der Waals surface area contributed by atoms with Gasteiger partial charge in [0.25, 0.3) is 0 Å². The third kappa shape index (κ3) is 7.37. The zero-order valence-corrected chi connectivity index (χ0v) is 20.6. The van der Waals surface area contributed by atoms with Crippen molar-refractivity contribution >= 4 is 24.3 Å². The van der Waals surface area contributed by atoms with Crippen LogP contribution in [0.2, 0.25) is 0 Å². The molecule has 2 aliphatic rings. The van der Waals surface area contributed by atoms with Crippen LogP contribution in [0.5, 0.6) is 0 Å². The van der Waals surface area contributed by atoms with E-state index in [2.05, 4.69) is 116 Å². The van der Waals surface area contributed by atoms with Crippen molar-refractivity contribution in [3.8, 4) is 0 Å². The molecule has 2 aromatic carbocycles. The molecule has 0 unspecified atom stereocenters. The van der Waals surface area contributed by atoms with Gasteiger partial charge in [-0.25, -0.2) is 17.2 Å². The first-order valence-corrected chi connectivity index (χ1v) is 12.5. The van der Waals surface area contributed by atoms with Crippen LogP contribution in [0.1, 0.15) is 11.1 Å². The zero-order valence-electron chi connectivity index (χ0n) is 18.9. The number of hydrogen-bond acceptors (Lipinski definition) is 6. The minimum atomic E-state index is 0.948. The summed E-state index contributed by atoms with van der Waals surface area (Å²) in [7, 11) is 4.35. The number of likely N-dealkylation sites (N-methyl/N-ethyl adjacent to an activating group) is 2. The van der Waals surface area contributed by atoms with E-state index in [9.17, 15) is 0 Å². The predicted octanol–water partition coefficient (Wildman–Crippen LogP) is 5.42. The van der Waals surface area contributed by atoms with Crippen LogP contribution in [-0.4, -0.2) is 57.5 Å². The second-order valence-electron chi connectivity index (χ2n) is 8.24. The molecule has 168 valence electrons. The molecule has 0 saturated heterocycles. The quantitative estimate of drug-likeness (QED) is 0.526. The highest BCUT2D eigenvalue weighted by Gasteiger charge is 2.16. The van der Waals surface area contributed by atoms with Gasteiger partial charge < -0.3 is 0 Å². The lowest BCUT2D eigenvalue weighted by Gasteiger charge is -2.22. The Balaban J connectivity index is 1.36. The largest absolute Gasteiger partial charge is 0.236 e. The summed E-state index contributed by atoms with van der Waals surface area (Å²) in [5.74, 6) is 0. The van der Waals surface area contributed by atoms with Crippen molar-refractivity contribution in [2.45, 2.75) is 13.1 Å². The van der Waals surface area contributed by atoms with Gasteiger partial charge in [0.15, 0.2) is 0 Å². The van der Waals surface area contributed by atoms with Crippen LogP contribution in [0.25, 0.3) is 0 Å². The third-order valence-electron chi connectivity index (χ3n) is 5.35. The molecule has 0 saturated carbocycles. The van der Waals surface area contributed by atoms with E-state index in [1.54, 1.807) is 0 Å². The molecule has 32 heavy (non-hydrogen) atoms. The molecule has 0 amide bonds. The van der Waals surface area contributed by atoms with Gasteiger partial charge in [0, 0.05) is 63.5 Å². The number of nitrogens with zero attached hydrogens (tertiary/aromatic N) is 4. The van der Waals surface area contributed by atoms with Gasteiger partial charge in [0.1, 0.15) is 0 Å². The third-order valence-corrected chi connectivity index (χ3v) is 7.18. The van der Waals surface area contributed by atoms with E-state index in [-0.39, 0.29) is 0 Å². The van der Waals surface area contributed by atoms with Crippen molar-refractivity contribution in [1.82, 2.24) is 17.2 Å².